The van der Waals surface area contributed by atoms with Crippen molar-refractivity contribution in [2.75, 3.05) is 13.2 Å². The topological polar surface area (TPSA) is 47.9 Å². The molecule has 0 radical (unpaired) electrons. The molecular formula is C24H34O4Si. The van der Waals surface area contributed by atoms with E-state index in [0.717, 1.165) is 0 Å². The standard InChI is InChI=1S/C24H34O4Si/c1-22(2,3)29(19-13-9-7-10-14-19,20-15-11-8-12-16-20)27-18-24(6,25)21-17-26-23(4,5)28-21/h7-16,21,25H,17-18H2,1-6H3/t21-,24-/m0/s1. The van der Waals surface area contributed by atoms with Gasteiger partial charge >= 0.3 is 0 Å². The van der Waals surface area contributed by atoms with Crippen LogP contribution in [0.1, 0.15) is 41.5 Å². The van der Waals surface area contributed by atoms with Crippen LogP contribution in [0.5, 0.6) is 0 Å². The zero-order valence-corrected chi connectivity index (χ0v) is 19.4. The highest BCUT2D eigenvalue weighted by molar-refractivity contribution is 6.99. The van der Waals surface area contributed by atoms with Gasteiger partial charge in [-0.3, -0.25) is 0 Å². The molecule has 1 heterocycles. The Hall–Kier alpha value is -1.50. The fourth-order valence-electron chi connectivity index (χ4n) is 4.10. The van der Waals surface area contributed by atoms with Crippen LogP contribution in [-0.2, 0) is 13.9 Å². The van der Waals surface area contributed by atoms with E-state index in [2.05, 4.69) is 69.3 Å². The second kappa shape index (κ2) is 7.97. The van der Waals surface area contributed by atoms with E-state index in [1.807, 2.05) is 26.0 Å². The lowest BCUT2D eigenvalue weighted by Crippen LogP contribution is -2.68. The van der Waals surface area contributed by atoms with Gasteiger partial charge in [0.2, 0.25) is 0 Å². The summed E-state index contributed by atoms with van der Waals surface area (Å²) in [6.07, 6.45) is -0.435. The van der Waals surface area contributed by atoms with Gasteiger partial charge in [-0.15, -0.1) is 0 Å². The van der Waals surface area contributed by atoms with E-state index in [4.69, 9.17) is 13.9 Å². The molecule has 0 aromatic heterocycles. The molecule has 4 nitrogen and oxygen atoms in total. The quantitative estimate of drug-likeness (QED) is 0.736. The molecule has 1 aliphatic heterocycles. The van der Waals surface area contributed by atoms with Crippen molar-refractivity contribution in [2.24, 2.45) is 0 Å². The predicted octanol–water partition coefficient (Wildman–Crippen LogP) is 3.47. The molecule has 0 amide bonds. The Balaban J connectivity index is 2.00. The van der Waals surface area contributed by atoms with Gasteiger partial charge in [-0.1, -0.05) is 81.4 Å². The van der Waals surface area contributed by atoms with Crippen molar-refractivity contribution < 1.29 is 19.0 Å². The largest absolute Gasteiger partial charge is 0.404 e. The van der Waals surface area contributed by atoms with Crippen molar-refractivity contribution in [3.63, 3.8) is 0 Å². The lowest BCUT2D eigenvalue weighted by molar-refractivity contribution is -0.172. The first kappa shape index (κ1) is 22.2. The third-order valence-corrected chi connectivity index (χ3v) is 10.7. The van der Waals surface area contributed by atoms with E-state index >= 15 is 0 Å². The minimum atomic E-state index is -2.70. The Kier molecular flexibility index (Phi) is 6.10. The average Bonchev–Trinajstić information content (AvgIpc) is 3.04. The fraction of sp³-hybridized carbons (Fsp3) is 0.500. The van der Waals surface area contributed by atoms with E-state index < -0.39 is 25.8 Å². The van der Waals surface area contributed by atoms with Gasteiger partial charge in [-0.2, -0.15) is 0 Å². The number of hydrogen-bond donors (Lipinski definition) is 1. The molecule has 1 N–H and O–H groups in total. The summed E-state index contributed by atoms with van der Waals surface area (Å²) >= 11 is 0. The van der Waals surface area contributed by atoms with Crippen LogP contribution in [0.15, 0.2) is 60.7 Å². The van der Waals surface area contributed by atoms with Gasteiger partial charge in [0.1, 0.15) is 11.7 Å². The van der Waals surface area contributed by atoms with Gasteiger partial charge in [0.05, 0.1) is 13.2 Å². The lowest BCUT2D eigenvalue weighted by Gasteiger charge is -2.45. The van der Waals surface area contributed by atoms with Crippen LogP contribution in [0.3, 0.4) is 0 Å². The van der Waals surface area contributed by atoms with Crippen molar-refractivity contribution >= 4 is 18.7 Å². The first-order valence-electron chi connectivity index (χ1n) is 10.3. The maximum absolute atomic E-state index is 11.3. The molecule has 3 rings (SSSR count). The molecule has 0 aliphatic carbocycles. The van der Waals surface area contributed by atoms with Crippen LogP contribution in [0.4, 0.5) is 0 Å². The number of hydrogen-bond acceptors (Lipinski definition) is 4. The van der Waals surface area contributed by atoms with Crippen molar-refractivity contribution in [3.05, 3.63) is 60.7 Å². The highest BCUT2D eigenvalue weighted by Crippen LogP contribution is 2.38. The number of benzene rings is 2. The average molecular weight is 415 g/mol. The van der Waals surface area contributed by atoms with E-state index in [1.165, 1.54) is 10.4 Å². The van der Waals surface area contributed by atoms with Crippen molar-refractivity contribution in [3.8, 4) is 0 Å². The van der Waals surface area contributed by atoms with Crippen LogP contribution in [0.2, 0.25) is 5.04 Å². The van der Waals surface area contributed by atoms with Gasteiger partial charge < -0.3 is 19.0 Å². The van der Waals surface area contributed by atoms with E-state index in [-0.39, 0.29) is 11.6 Å². The minimum absolute atomic E-state index is 0.141. The Labute approximate surface area is 176 Å². The van der Waals surface area contributed by atoms with Crippen LogP contribution in [0.25, 0.3) is 0 Å². The molecule has 0 unspecified atom stereocenters. The number of rotatable bonds is 6. The molecule has 1 aliphatic rings. The molecular weight excluding hydrogens is 380 g/mol. The Morgan fingerprint density at radius 2 is 1.45 bits per heavy atom. The molecule has 2 aromatic rings. The molecule has 1 saturated heterocycles. The molecule has 2 aromatic carbocycles. The van der Waals surface area contributed by atoms with E-state index in [1.54, 1.807) is 6.92 Å². The summed E-state index contributed by atoms with van der Waals surface area (Å²) in [6.45, 7) is 12.7. The molecule has 2 atom stereocenters. The number of aliphatic hydroxyl groups is 1. The Morgan fingerprint density at radius 3 is 1.83 bits per heavy atom. The highest BCUT2D eigenvalue weighted by Gasteiger charge is 2.52. The summed E-state index contributed by atoms with van der Waals surface area (Å²) < 4.78 is 18.5. The second-order valence-electron chi connectivity index (χ2n) is 9.63. The summed E-state index contributed by atoms with van der Waals surface area (Å²) in [4.78, 5) is 0. The second-order valence-corrected chi connectivity index (χ2v) is 13.9. The molecule has 1 fully saturated rings. The maximum atomic E-state index is 11.3. The first-order chi connectivity index (χ1) is 13.5. The highest BCUT2D eigenvalue weighted by atomic mass is 28.4. The first-order valence-corrected chi connectivity index (χ1v) is 12.2. The summed E-state index contributed by atoms with van der Waals surface area (Å²) in [5.41, 5.74) is -1.17. The van der Waals surface area contributed by atoms with Crippen LogP contribution >= 0.6 is 0 Å². The lowest BCUT2D eigenvalue weighted by atomic mass is 10.0. The Morgan fingerprint density at radius 1 is 0.966 bits per heavy atom. The summed E-state index contributed by atoms with van der Waals surface area (Å²) in [5.74, 6) is -0.688. The molecule has 0 bridgehead atoms. The van der Waals surface area contributed by atoms with Crippen LogP contribution in [0, 0.1) is 0 Å². The van der Waals surface area contributed by atoms with Gasteiger partial charge in [0.25, 0.3) is 8.32 Å². The van der Waals surface area contributed by atoms with Gasteiger partial charge in [-0.25, -0.2) is 0 Å². The third kappa shape index (κ3) is 4.49. The molecule has 5 heteroatoms. The van der Waals surface area contributed by atoms with E-state index in [0.29, 0.717) is 6.61 Å². The van der Waals surface area contributed by atoms with Crippen molar-refractivity contribution in [1.29, 1.82) is 0 Å². The van der Waals surface area contributed by atoms with Crippen molar-refractivity contribution in [2.45, 2.75) is 64.1 Å². The number of ether oxygens (including phenoxy) is 2. The van der Waals surface area contributed by atoms with E-state index in [9.17, 15) is 5.11 Å². The SMILES string of the molecule is CC1(C)OC[C@@H]([C@@](C)(O)CO[Si](c2ccccc2)(c2ccccc2)C(C)(C)C)O1. The van der Waals surface area contributed by atoms with Crippen LogP contribution < -0.4 is 10.4 Å². The van der Waals surface area contributed by atoms with Gasteiger partial charge in [0.15, 0.2) is 5.79 Å². The minimum Gasteiger partial charge on any atom is -0.404 e. The summed E-state index contributed by atoms with van der Waals surface area (Å²) in [6, 6.07) is 20.9. The smallest absolute Gasteiger partial charge is 0.261 e. The normalized spacial score (nSPS) is 21.7. The molecule has 158 valence electrons. The summed E-state index contributed by atoms with van der Waals surface area (Å²) in [5, 5.41) is 13.5. The molecule has 0 spiro atoms. The zero-order valence-electron chi connectivity index (χ0n) is 18.4. The molecule has 29 heavy (non-hydrogen) atoms. The zero-order chi connectivity index (χ0) is 21.3. The third-order valence-electron chi connectivity index (χ3n) is 5.70. The van der Waals surface area contributed by atoms with Crippen molar-refractivity contribution in [1.82, 2.24) is 0 Å². The predicted molar refractivity (Wildman–Crippen MR) is 119 cm³/mol. The summed E-state index contributed by atoms with van der Waals surface area (Å²) in [7, 11) is -2.70. The fourth-order valence-corrected chi connectivity index (χ4v) is 8.77. The Bertz CT molecular complexity index is 757. The monoisotopic (exact) mass is 414 g/mol. The molecule has 0 saturated carbocycles. The maximum Gasteiger partial charge on any atom is 0.261 e. The van der Waals surface area contributed by atoms with Gasteiger partial charge in [0, 0.05) is 0 Å². The van der Waals surface area contributed by atoms with Gasteiger partial charge in [-0.05, 0) is 36.2 Å². The van der Waals surface area contributed by atoms with Crippen LogP contribution in [-0.4, -0.2) is 44.1 Å².